The largest absolute Gasteiger partial charge is 0.480 e. The average molecular weight is 295 g/mol. The summed E-state index contributed by atoms with van der Waals surface area (Å²) in [4.78, 5) is 22.7. The molecule has 7 heteroatoms. The fourth-order valence-corrected chi connectivity index (χ4v) is 1.86. The van der Waals surface area contributed by atoms with Gasteiger partial charge in [-0.2, -0.15) is 0 Å². The molecule has 114 valence electrons. The smallest absolute Gasteiger partial charge is 0.408 e. The molecule has 1 heterocycles. The molecule has 1 fully saturated rings. The molecule has 0 bridgehead atoms. The first kappa shape index (κ1) is 15.3. The maximum atomic E-state index is 11.6. The lowest BCUT2D eigenvalue weighted by Crippen LogP contribution is -2.43. The number of hydrogen-bond donors (Lipinski definition) is 2. The molecule has 0 aromatic heterocycles. The topological polar surface area (TPSA) is 94.1 Å². The van der Waals surface area contributed by atoms with Gasteiger partial charge >= 0.3 is 12.1 Å². The van der Waals surface area contributed by atoms with E-state index in [4.69, 9.17) is 19.3 Å². The number of hydrogen-bond acceptors (Lipinski definition) is 5. The number of carboxylic acids is 1. The molecule has 2 rings (SSSR count). The predicted octanol–water partition coefficient (Wildman–Crippen LogP) is 1.13. The standard InChI is InChI=1S/C14H17NO6/c16-13(17)11(8-12-19-6-7-20-12)15-14(18)21-9-10-4-2-1-3-5-10/h1-5,11-12H,6-9H2,(H,15,18)(H,16,17). The van der Waals surface area contributed by atoms with Crippen LogP contribution in [0, 0.1) is 0 Å². The van der Waals surface area contributed by atoms with Crippen LogP contribution in [0.5, 0.6) is 0 Å². The Labute approximate surface area is 121 Å². The van der Waals surface area contributed by atoms with E-state index in [1.807, 2.05) is 30.3 Å². The van der Waals surface area contributed by atoms with E-state index in [1.54, 1.807) is 0 Å². The highest BCUT2D eigenvalue weighted by atomic mass is 16.7. The average Bonchev–Trinajstić information content (AvgIpc) is 2.98. The first-order chi connectivity index (χ1) is 10.1. The molecular formula is C14H17NO6. The van der Waals surface area contributed by atoms with Crippen molar-refractivity contribution in [2.24, 2.45) is 0 Å². The van der Waals surface area contributed by atoms with Crippen LogP contribution >= 0.6 is 0 Å². The summed E-state index contributed by atoms with van der Waals surface area (Å²) < 4.78 is 15.3. The summed E-state index contributed by atoms with van der Waals surface area (Å²) in [6, 6.07) is 8.00. The summed E-state index contributed by atoms with van der Waals surface area (Å²) in [5, 5.41) is 11.4. The highest BCUT2D eigenvalue weighted by Crippen LogP contribution is 2.11. The number of carbonyl (C=O) groups is 2. The van der Waals surface area contributed by atoms with Crippen LogP contribution in [0.1, 0.15) is 12.0 Å². The van der Waals surface area contributed by atoms with Crippen molar-refractivity contribution < 1.29 is 28.9 Å². The van der Waals surface area contributed by atoms with Crippen molar-refractivity contribution in [3.63, 3.8) is 0 Å². The molecule has 0 spiro atoms. The zero-order valence-electron chi connectivity index (χ0n) is 11.4. The second-order valence-corrected chi connectivity index (χ2v) is 4.50. The maximum Gasteiger partial charge on any atom is 0.408 e. The monoisotopic (exact) mass is 295 g/mol. The first-order valence-corrected chi connectivity index (χ1v) is 6.58. The van der Waals surface area contributed by atoms with Crippen LogP contribution < -0.4 is 5.32 Å². The number of amides is 1. The molecule has 1 atom stereocenters. The summed E-state index contributed by atoms with van der Waals surface area (Å²) in [5.74, 6) is -1.16. The fraction of sp³-hybridized carbons (Fsp3) is 0.429. The number of ether oxygens (including phenoxy) is 3. The molecule has 1 unspecified atom stereocenters. The van der Waals surface area contributed by atoms with Crippen molar-refractivity contribution in [3.05, 3.63) is 35.9 Å². The van der Waals surface area contributed by atoms with Gasteiger partial charge in [-0.15, -0.1) is 0 Å². The quantitative estimate of drug-likeness (QED) is 0.817. The Hall–Kier alpha value is -2.12. The summed E-state index contributed by atoms with van der Waals surface area (Å²) in [6.45, 7) is 0.931. The highest BCUT2D eigenvalue weighted by molar-refractivity contribution is 5.79. The van der Waals surface area contributed by atoms with E-state index in [0.717, 1.165) is 5.56 Å². The van der Waals surface area contributed by atoms with Crippen molar-refractivity contribution in [1.82, 2.24) is 5.32 Å². The van der Waals surface area contributed by atoms with Crippen LogP contribution in [0.2, 0.25) is 0 Å². The van der Waals surface area contributed by atoms with Gasteiger partial charge in [0.1, 0.15) is 12.6 Å². The minimum absolute atomic E-state index is 0.0375. The van der Waals surface area contributed by atoms with E-state index in [0.29, 0.717) is 13.2 Å². The van der Waals surface area contributed by atoms with E-state index in [1.165, 1.54) is 0 Å². The number of aliphatic carboxylic acids is 1. The zero-order valence-corrected chi connectivity index (χ0v) is 11.4. The van der Waals surface area contributed by atoms with E-state index >= 15 is 0 Å². The zero-order chi connectivity index (χ0) is 15.1. The van der Waals surface area contributed by atoms with E-state index in [-0.39, 0.29) is 13.0 Å². The second-order valence-electron chi connectivity index (χ2n) is 4.50. The van der Waals surface area contributed by atoms with Crippen LogP contribution in [0.15, 0.2) is 30.3 Å². The van der Waals surface area contributed by atoms with Crippen LogP contribution in [-0.2, 0) is 25.6 Å². The SMILES string of the molecule is O=C(NC(CC1OCCO1)C(=O)O)OCc1ccccc1. The number of carboxylic acid groups (broad SMARTS) is 1. The predicted molar refractivity (Wildman–Crippen MR) is 71.5 cm³/mol. The number of carbonyl (C=O) groups excluding carboxylic acids is 1. The van der Waals surface area contributed by atoms with Crippen LogP contribution in [-0.4, -0.2) is 42.7 Å². The second kappa shape index (κ2) is 7.61. The third-order valence-electron chi connectivity index (χ3n) is 2.92. The minimum Gasteiger partial charge on any atom is -0.480 e. The Kier molecular flexibility index (Phi) is 5.53. The van der Waals surface area contributed by atoms with Gasteiger partial charge in [-0.25, -0.2) is 9.59 Å². The molecule has 21 heavy (non-hydrogen) atoms. The Morgan fingerprint density at radius 1 is 1.29 bits per heavy atom. The van der Waals surface area contributed by atoms with Crippen molar-refractivity contribution >= 4 is 12.1 Å². The number of nitrogens with one attached hydrogen (secondary N) is 1. The lowest BCUT2D eigenvalue weighted by Gasteiger charge is -2.17. The molecule has 1 aromatic rings. The van der Waals surface area contributed by atoms with Crippen LogP contribution in [0.4, 0.5) is 4.79 Å². The minimum atomic E-state index is -1.16. The maximum absolute atomic E-state index is 11.6. The number of benzene rings is 1. The highest BCUT2D eigenvalue weighted by Gasteiger charge is 2.27. The molecule has 0 saturated carbocycles. The van der Waals surface area contributed by atoms with Gasteiger partial charge in [0.25, 0.3) is 0 Å². The van der Waals surface area contributed by atoms with Gasteiger partial charge < -0.3 is 24.6 Å². The van der Waals surface area contributed by atoms with Gasteiger partial charge in [0, 0.05) is 6.42 Å². The normalized spacial score (nSPS) is 16.4. The van der Waals surface area contributed by atoms with Crippen LogP contribution in [0.25, 0.3) is 0 Å². The Balaban J connectivity index is 1.79. The summed E-state index contributed by atoms with van der Waals surface area (Å²) >= 11 is 0. The van der Waals surface area contributed by atoms with Gasteiger partial charge in [-0.05, 0) is 5.56 Å². The lowest BCUT2D eigenvalue weighted by atomic mass is 10.2. The van der Waals surface area contributed by atoms with Gasteiger partial charge in [0.15, 0.2) is 6.29 Å². The molecule has 1 amide bonds. The third kappa shape index (κ3) is 5.05. The molecular weight excluding hydrogens is 278 g/mol. The van der Waals surface area contributed by atoms with Crippen molar-refractivity contribution in [2.45, 2.75) is 25.4 Å². The van der Waals surface area contributed by atoms with E-state index in [9.17, 15) is 9.59 Å². The first-order valence-electron chi connectivity index (χ1n) is 6.58. The molecule has 1 aliphatic heterocycles. The van der Waals surface area contributed by atoms with Crippen LogP contribution in [0.3, 0.4) is 0 Å². The Bertz CT molecular complexity index is 472. The van der Waals surface area contributed by atoms with Gasteiger partial charge in [-0.1, -0.05) is 30.3 Å². The number of alkyl carbamates (subject to hydrolysis) is 1. The molecule has 1 aliphatic rings. The van der Waals surface area contributed by atoms with E-state index < -0.39 is 24.4 Å². The van der Waals surface area contributed by atoms with Crippen molar-refractivity contribution in [3.8, 4) is 0 Å². The van der Waals surface area contributed by atoms with Crippen molar-refractivity contribution in [1.29, 1.82) is 0 Å². The molecule has 2 N–H and O–H groups in total. The molecule has 7 nitrogen and oxygen atoms in total. The molecule has 1 saturated heterocycles. The van der Waals surface area contributed by atoms with Gasteiger partial charge in [-0.3, -0.25) is 0 Å². The summed E-state index contributed by atoms with van der Waals surface area (Å²) in [7, 11) is 0. The Morgan fingerprint density at radius 2 is 1.95 bits per heavy atom. The fourth-order valence-electron chi connectivity index (χ4n) is 1.86. The number of rotatable bonds is 6. The summed E-state index contributed by atoms with van der Waals surface area (Å²) in [5.41, 5.74) is 0.821. The Morgan fingerprint density at radius 3 is 2.57 bits per heavy atom. The molecule has 0 aliphatic carbocycles. The summed E-state index contributed by atoms with van der Waals surface area (Å²) in [6.07, 6.45) is -1.36. The van der Waals surface area contributed by atoms with Gasteiger partial charge in [0.2, 0.25) is 0 Å². The lowest BCUT2D eigenvalue weighted by molar-refractivity contribution is -0.142. The third-order valence-corrected chi connectivity index (χ3v) is 2.92. The van der Waals surface area contributed by atoms with Crippen molar-refractivity contribution in [2.75, 3.05) is 13.2 Å². The molecule has 1 aromatic carbocycles. The van der Waals surface area contributed by atoms with Gasteiger partial charge in [0.05, 0.1) is 13.2 Å². The van der Waals surface area contributed by atoms with E-state index in [2.05, 4.69) is 5.32 Å². The molecule has 0 radical (unpaired) electrons.